The average molecular weight is 415 g/mol. The Kier molecular flexibility index (Phi) is 4.84. The molecule has 3 aromatic carbocycles. The highest BCUT2D eigenvalue weighted by atomic mass is 16.6. The number of benzene rings is 3. The Morgan fingerprint density at radius 3 is 2.23 bits per heavy atom. The average Bonchev–Trinajstić information content (AvgIpc) is 3.05. The highest BCUT2D eigenvalue weighted by Gasteiger charge is 2.39. The zero-order valence-electron chi connectivity index (χ0n) is 15.8. The summed E-state index contributed by atoms with van der Waals surface area (Å²) < 4.78 is 0. The fraction of sp³-hybridized carbons (Fsp3) is 0. The van der Waals surface area contributed by atoms with E-state index >= 15 is 0 Å². The van der Waals surface area contributed by atoms with Gasteiger partial charge in [0.2, 0.25) is 0 Å². The van der Waals surface area contributed by atoms with E-state index in [1.807, 2.05) is 0 Å². The number of carboxylic acids is 1. The molecule has 0 bridgehead atoms. The fourth-order valence-electron chi connectivity index (χ4n) is 3.32. The van der Waals surface area contributed by atoms with Gasteiger partial charge in [0.1, 0.15) is 11.4 Å². The first-order valence-corrected chi connectivity index (χ1v) is 9.02. The maximum atomic E-state index is 13.2. The molecule has 9 heteroatoms. The molecule has 3 aromatic rings. The largest absolute Gasteiger partial charge is 0.478 e. The van der Waals surface area contributed by atoms with Crippen LogP contribution in [-0.2, 0) is 4.79 Å². The summed E-state index contributed by atoms with van der Waals surface area (Å²) in [6, 6.07) is 17.6. The fourth-order valence-corrected chi connectivity index (χ4v) is 3.32. The van der Waals surface area contributed by atoms with Gasteiger partial charge in [0.25, 0.3) is 17.5 Å². The molecule has 1 heterocycles. The minimum Gasteiger partial charge on any atom is -0.478 e. The minimum absolute atomic E-state index is 0.0362. The Labute approximate surface area is 175 Å². The molecule has 0 unspecified atom stereocenters. The first kappa shape index (κ1) is 19.6. The molecule has 9 nitrogen and oxygen atoms in total. The number of imide groups is 1. The number of nitro groups is 1. The number of para-hydroxylation sites is 3. The van der Waals surface area contributed by atoms with Crippen LogP contribution in [0.2, 0.25) is 0 Å². The molecule has 1 aliphatic rings. The standard InChI is InChI=1S/C22H13N3O6/c26-20(13-7-1-2-8-14(13)22(28)29)24-17-11-5-3-9-15(17)19(21(24)27)23-16-10-4-6-12-18(16)25(30)31/h1-12H,(H,28,29). The second-order valence-electron chi connectivity index (χ2n) is 6.52. The number of amides is 2. The minimum atomic E-state index is -1.31. The van der Waals surface area contributed by atoms with Crippen molar-refractivity contribution >= 4 is 40.6 Å². The number of carboxylic acid groups (broad SMARTS) is 1. The first-order chi connectivity index (χ1) is 14.9. The van der Waals surface area contributed by atoms with Gasteiger partial charge in [-0.2, -0.15) is 0 Å². The number of aliphatic imine (C=N–C) groups is 1. The van der Waals surface area contributed by atoms with E-state index in [0.717, 1.165) is 4.90 Å². The second-order valence-corrected chi connectivity index (χ2v) is 6.52. The van der Waals surface area contributed by atoms with Gasteiger partial charge in [-0.05, 0) is 24.3 Å². The molecule has 0 fully saturated rings. The SMILES string of the molecule is O=C(O)c1ccccc1C(=O)N1C(=O)C(=Nc2ccccc2[N+](=O)[O-])c2ccccc21. The summed E-state index contributed by atoms with van der Waals surface area (Å²) in [7, 11) is 0. The summed E-state index contributed by atoms with van der Waals surface area (Å²) in [5.74, 6) is -2.94. The van der Waals surface area contributed by atoms with Crippen LogP contribution in [0.25, 0.3) is 0 Å². The molecule has 4 rings (SSSR count). The molecule has 31 heavy (non-hydrogen) atoms. The lowest BCUT2D eigenvalue weighted by atomic mass is 10.1. The van der Waals surface area contributed by atoms with Crippen molar-refractivity contribution in [3.63, 3.8) is 0 Å². The van der Waals surface area contributed by atoms with Crippen LogP contribution in [0.1, 0.15) is 26.3 Å². The van der Waals surface area contributed by atoms with Crippen LogP contribution in [0.4, 0.5) is 17.1 Å². The summed E-state index contributed by atoms with van der Waals surface area (Å²) in [4.78, 5) is 53.7. The Balaban J connectivity index is 1.86. The Hall–Kier alpha value is -4.66. The summed E-state index contributed by atoms with van der Waals surface area (Å²) >= 11 is 0. The van der Waals surface area contributed by atoms with Crippen LogP contribution in [0, 0.1) is 10.1 Å². The summed E-state index contributed by atoms with van der Waals surface area (Å²) in [6.07, 6.45) is 0. The van der Waals surface area contributed by atoms with E-state index in [4.69, 9.17) is 0 Å². The van der Waals surface area contributed by atoms with Crippen molar-refractivity contribution < 1.29 is 24.4 Å². The number of aromatic carboxylic acids is 1. The highest BCUT2D eigenvalue weighted by molar-refractivity contribution is 6.59. The van der Waals surface area contributed by atoms with Crippen LogP contribution < -0.4 is 4.90 Å². The molecule has 1 N–H and O–H groups in total. The second kappa shape index (κ2) is 7.64. The van der Waals surface area contributed by atoms with E-state index in [1.165, 1.54) is 48.5 Å². The number of carbonyl (C=O) groups is 3. The molecular weight excluding hydrogens is 402 g/mol. The maximum absolute atomic E-state index is 13.2. The molecule has 0 aromatic heterocycles. The Bertz CT molecular complexity index is 1300. The number of rotatable bonds is 4. The lowest BCUT2D eigenvalue weighted by Gasteiger charge is -2.16. The predicted octanol–water partition coefficient (Wildman–Crippen LogP) is 3.60. The van der Waals surface area contributed by atoms with Gasteiger partial charge >= 0.3 is 5.97 Å². The third kappa shape index (κ3) is 3.33. The molecule has 0 radical (unpaired) electrons. The van der Waals surface area contributed by atoms with Crippen molar-refractivity contribution in [2.45, 2.75) is 0 Å². The predicted molar refractivity (Wildman–Crippen MR) is 111 cm³/mol. The zero-order valence-corrected chi connectivity index (χ0v) is 15.8. The van der Waals surface area contributed by atoms with E-state index in [1.54, 1.807) is 24.3 Å². The zero-order chi connectivity index (χ0) is 22.1. The van der Waals surface area contributed by atoms with E-state index in [0.29, 0.717) is 5.56 Å². The molecule has 152 valence electrons. The van der Waals surface area contributed by atoms with Gasteiger partial charge in [0.05, 0.1) is 21.7 Å². The van der Waals surface area contributed by atoms with Crippen molar-refractivity contribution in [1.29, 1.82) is 0 Å². The molecule has 0 spiro atoms. The van der Waals surface area contributed by atoms with Gasteiger partial charge in [-0.15, -0.1) is 0 Å². The van der Waals surface area contributed by atoms with Gasteiger partial charge in [-0.25, -0.2) is 14.7 Å². The van der Waals surface area contributed by atoms with Crippen LogP contribution in [0.15, 0.2) is 77.8 Å². The number of fused-ring (bicyclic) bond motifs is 1. The number of hydrogen-bond acceptors (Lipinski definition) is 6. The summed E-state index contributed by atoms with van der Waals surface area (Å²) in [5, 5.41) is 20.7. The van der Waals surface area contributed by atoms with Crippen molar-refractivity contribution in [3.05, 3.63) is 99.6 Å². The number of anilines is 1. The van der Waals surface area contributed by atoms with Crippen LogP contribution in [0.3, 0.4) is 0 Å². The molecule has 0 aliphatic carbocycles. The topological polar surface area (TPSA) is 130 Å². The quantitative estimate of drug-likeness (QED) is 0.394. The highest BCUT2D eigenvalue weighted by Crippen LogP contribution is 2.34. The lowest BCUT2D eigenvalue weighted by Crippen LogP contribution is -2.36. The van der Waals surface area contributed by atoms with Crippen molar-refractivity contribution in [2.24, 2.45) is 4.99 Å². The monoisotopic (exact) mass is 415 g/mol. The van der Waals surface area contributed by atoms with Crippen LogP contribution in [-0.4, -0.2) is 33.5 Å². The van der Waals surface area contributed by atoms with E-state index in [-0.39, 0.29) is 33.9 Å². The van der Waals surface area contributed by atoms with E-state index in [2.05, 4.69) is 4.99 Å². The summed E-state index contributed by atoms with van der Waals surface area (Å²) in [5.41, 5.74) is -0.355. The first-order valence-electron chi connectivity index (χ1n) is 9.02. The maximum Gasteiger partial charge on any atom is 0.336 e. The van der Waals surface area contributed by atoms with Gasteiger partial charge in [0, 0.05) is 11.6 Å². The van der Waals surface area contributed by atoms with Gasteiger partial charge in [-0.3, -0.25) is 19.7 Å². The van der Waals surface area contributed by atoms with Crippen LogP contribution in [0.5, 0.6) is 0 Å². The third-order valence-corrected chi connectivity index (χ3v) is 4.71. The Morgan fingerprint density at radius 1 is 0.903 bits per heavy atom. The van der Waals surface area contributed by atoms with E-state index < -0.39 is 22.7 Å². The number of hydrogen-bond donors (Lipinski definition) is 1. The molecule has 0 atom stereocenters. The summed E-state index contributed by atoms with van der Waals surface area (Å²) in [6.45, 7) is 0. The van der Waals surface area contributed by atoms with Crippen LogP contribution >= 0.6 is 0 Å². The molecule has 0 saturated heterocycles. The van der Waals surface area contributed by atoms with E-state index in [9.17, 15) is 29.6 Å². The number of nitrogens with zero attached hydrogens (tertiary/aromatic N) is 3. The van der Waals surface area contributed by atoms with Crippen molar-refractivity contribution in [2.75, 3.05) is 4.90 Å². The van der Waals surface area contributed by atoms with Gasteiger partial charge in [-0.1, -0.05) is 42.5 Å². The third-order valence-electron chi connectivity index (χ3n) is 4.71. The number of carbonyl (C=O) groups excluding carboxylic acids is 2. The van der Waals surface area contributed by atoms with Gasteiger partial charge < -0.3 is 5.11 Å². The molecular formula is C22H13N3O6. The molecule has 2 amide bonds. The lowest BCUT2D eigenvalue weighted by molar-refractivity contribution is -0.384. The van der Waals surface area contributed by atoms with Gasteiger partial charge in [0.15, 0.2) is 0 Å². The molecule has 0 saturated carbocycles. The van der Waals surface area contributed by atoms with Crippen molar-refractivity contribution in [3.8, 4) is 0 Å². The number of nitro benzene ring substituents is 1. The molecule has 1 aliphatic heterocycles. The Morgan fingerprint density at radius 2 is 1.52 bits per heavy atom. The normalized spacial score (nSPS) is 13.9. The van der Waals surface area contributed by atoms with Crippen molar-refractivity contribution in [1.82, 2.24) is 0 Å². The smallest absolute Gasteiger partial charge is 0.336 e.